The Labute approximate surface area is 165 Å². The first-order valence-corrected chi connectivity index (χ1v) is 10.8. The van der Waals surface area contributed by atoms with E-state index >= 15 is 0 Å². The molecule has 146 valence electrons. The molecule has 0 spiro atoms. The quantitative estimate of drug-likeness (QED) is 0.811. The fraction of sp³-hybridized carbons (Fsp3) is 0.333. The molecule has 1 aliphatic rings. The van der Waals surface area contributed by atoms with E-state index in [1.165, 1.54) is 12.1 Å². The molecule has 2 aromatic rings. The van der Waals surface area contributed by atoms with Crippen LogP contribution in [0, 0.1) is 17.2 Å². The maximum Gasteiger partial charge on any atom is 0.253 e. The van der Waals surface area contributed by atoms with Gasteiger partial charge in [-0.15, -0.1) is 0 Å². The molecule has 0 saturated carbocycles. The van der Waals surface area contributed by atoms with Crippen molar-refractivity contribution < 1.29 is 13.2 Å². The molecule has 6 nitrogen and oxygen atoms in total. The Morgan fingerprint density at radius 1 is 1.11 bits per heavy atom. The van der Waals surface area contributed by atoms with Crippen LogP contribution < -0.4 is 4.72 Å². The zero-order valence-electron chi connectivity index (χ0n) is 15.5. The average molecular weight is 398 g/mol. The number of likely N-dealkylation sites (tertiary alicyclic amines) is 1. The van der Waals surface area contributed by atoms with E-state index in [-0.39, 0.29) is 10.8 Å². The molecule has 0 bridgehead atoms. The van der Waals surface area contributed by atoms with Crippen LogP contribution in [0.1, 0.15) is 35.2 Å². The second-order valence-corrected chi connectivity index (χ2v) is 8.69. The second kappa shape index (κ2) is 9.00. The summed E-state index contributed by atoms with van der Waals surface area (Å²) in [6.07, 6.45) is 2.46. The van der Waals surface area contributed by atoms with Crippen molar-refractivity contribution in [3.63, 3.8) is 0 Å². The summed E-state index contributed by atoms with van der Waals surface area (Å²) in [6, 6.07) is 17.2. The van der Waals surface area contributed by atoms with Gasteiger partial charge in [-0.1, -0.05) is 24.3 Å². The van der Waals surface area contributed by atoms with Gasteiger partial charge < -0.3 is 4.90 Å². The van der Waals surface area contributed by atoms with Gasteiger partial charge in [-0.25, -0.2) is 13.1 Å². The molecule has 2 aromatic carbocycles. The third kappa shape index (κ3) is 4.97. The number of amides is 1. The maximum atomic E-state index is 12.5. The van der Waals surface area contributed by atoms with Crippen molar-refractivity contribution in [2.75, 3.05) is 19.6 Å². The van der Waals surface area contributed by atoms with Gasteiger partial charge in [-0.3, -0.25) is 4.79 Å². The van der Waals surface area contributed by atoms with Gasteiger partial charge in [0.2, 0.25) is 10.0 Å². The number of carbonyl (C=O) groups is 1. The number of benzene rings is 2. The Hall–Kier alpha value is -2.69. The summed E-state index contributed by atoms with van der Waals surface area (Å²) in [6.45, 7) is 1.72. The van der Waals surface area contributed by atoms with E-state index in [9.17, 15) is 13.2 Å². The third-order valence-corrected chi connectivity index (χ3v) is 6.50. The zero-order valence-corrected chi connectivity index (χ0v) is 16.4. The summed E-state index contributed by atoms with van der Waals surface area (Å²) in [5.74, 6) is 0.435. The molecule has 3 rings (SSSR count). The van der Waals surface area contributed by atoms with Gasteiger partial charge >= 0.3 is 0 Å². The molecule has 1 amide bonds. The van der Waals surface area contributed by atoms with Crippen molar-refractivity contribution in [1.29, 1.82) is 5.26 Å². The second-order valence-electron chi connectivity index (χ2n) is 6.93. The summed E-state index contributed by atoms with van der Waals surface area (Å²) < 4.78 is 27.3. The largest absolute Gasteiger partial charge is 0.339 e. The Balaban J connectivity index is 1.47. The van der Waals surface area contributed by atoms with Crippen LogP contribution in [0.4, 0.5) is 0 Å². The predicted molar refractivity (Wildman–Crippen MR) is 106 cm³/mol. The molecule has 1 N–H and O–H groups in total. The fourth-order valence-corrected chi connectivity index (χ4v) is 4.49. The topological polar surface area (TPSA) is 90.3 Å². The van der Waals surface area contributed by atoms with Crippen LogP contribution in [0.5, 0.6) is 0 Å². The van der Waals surface area contributed by atoms with Crippen molar-refractivity contribution in [2.24, 2.45) is 5.92 Å². The number of hydrogen-bond donors (Lipinski definition) is 1. The lowest BCUT2D eigenvalue weighted by atomic mass is 9.93. The molecular formula is C21H23N3O3S. The molecule has 0 aliphatic carbocycles. The number of nitrogens with one attached hydrogen (secondary N) is 1. The lowest BCUT2D eigenvalue weighted by molar-refractivity contribution is 0.0687. The van der Waals surface area contributed by atoms with E-state index in [4.69, 9.17) is 5.26 Å². The van der Waals surface area contributed by atoms with Crippen molar-refractivity contribution in [1.82, 2.24) is 9.62 Å². The van der Waals surface area contributed by atoms with Crippen molar-refractivity contribution in [3.8, 4) is 6.07 Å². The van der Waals surface area contributed by atoms with Crippen molar-refractivity contribution in [3.05, 3.63) is 65.7 Å². The first kappa shape index (κ1) is 20.1. The molecule has 0 radical (unpaired) electrons. The molecule has 0 aromatic heterocycles. The molecule has 1 heterocycles. The van der Waals surface area contributed by atoms with E-state index in [1.807, 2.05) is 41.3 Å². The summed E-state index contributed by atoms with van der Waals surface area (Å²) in [4.78, 5) is 14.4. The highest BCUT2D eigenvalue weighted by atomic mass is 32.2. The number of hydrogen-bond acceptors (Lipinski definition) is 4. The van der Waals surface area contributed by atoms with Crippen LogP contribution in [0.25, 0.3) is 0 Å². The van der Waals surface area contributed by atoms with E-state index in [0.717, 1.165) is 19.3 Å². The van der Waals surface area contributed by atoms with Crippen molar-refractivity contribution in [2.45, 2.75) is 24.2 Å². The van der Waals surface area contributed by atoms with Gasteiger partial charge in [-0.2, -0.15) is 5.26 Å². The molecular weight excluding hydrogens is 374 g/mol. The first-order chi connectivity index (χ1) is 13.5. The number of rotatable bonds is 6. The Morgan fingerprint density at radius 2 is 1.82 bits per heavy atom. The Kier molecular flexibility index (Phi) is 6.45. The van der Waals surface area contributed by atoms with Gasteiger partial charge in [0.15, 0.2) is 0 Å². The summed E-state index contributed by atoms with van der Waals surface area (Å²) >= 11 is 0. The number of nitrogens with zero attached hydrogens (tertiary/aromatic N) is 2. The molecule has 7 heteroatoms. The first-order valence-electron chi connectivity index (χ1n) is 9.34. The predicted octanol–water partition coefficient (Wildman–Crippen LogP) is 2.78. The summed E-state index contributed by atoms with van der Waals surface area (Å²) in [7, 11) is -3.62. The standard InChI is InChI=1S/C21H23N3O3S/c22-16-18-5-4-8-20(15-18)28(26,27)23-12-9-17-10-13-24(14-11-17)21(25)19-6-2-1-3-7-19/h1-8,15,17,23H,9-14H2. The smallest absolute Gasteiger partial charge is 0.253 e. The minimum atomic E-state index is -3.62. The average Bonchev–Trinajstić information content (AvgIpc) is 2.74. The SMILES string of the molecule is N#Cc1cccc(S(=O)(=O)NCCC2CCN(C(=O)c3ccccc3)CC2)c1. The lowest BCUT2D eigenvalue weighted by Gasteiger charge is -2.32. The molecule has 0 atom stereocenters. The third-order valence-electron chi connectivity index (χ3n) is 5.04. The molecule has 28 heavy (non-hydrogen) atoms. The minimum absolute atomic E-state index is 0.0529. The van der Waals surface area contributed by atoms with Crippen LogP contribution >= 0.6 is 0 Å². The summed E-state index contributed by atoms with van der Waals surface area (Å²) in [5, 5.41) is 8.91. The Bertz CT molecular complexity index is 960. The van der Waals surface area contributed by atoms with Gasteiger partial charge in [0, 0.05) is 25.2 Å². The van der Waals surface area contributed by atoms with Gasteiger partial charge in [0.05, 0.1) is 16.5 Å². The van der Waals surface area contributed by atoms with E-state index in [2.05, 4.69) is 4.72 Å². The number of sulfonamides is 1. The fourth-order valence-electron chi connectivity index (χ4n) is 3.40. The summed E-state index contributed by atoms with van der Waals surface area (Å²) in [5.41, 5.74) is 1.02. The highest BCUT2D eigenvalue weighted by molar-refractivity contribution is 7.89. The van der Waals surface area contributed by atoms with Crippen LogP contribution in [0.15, 0.2) is 59.5 Å². The van der Waals surface area contributed by atoms with Crippen LogP contribution in [-0.2, 0) is 10.0 Å². The maximum absolute atomic E-state index is 12.5. The Morgan fingerprint density at radius 3 is 2.50 bits per heavy atom. The minimum Gasteiger partial charge on any atom is -0.339 e. The molecule has 1 aliphatic heterocycles. The van der Waals surface area contributed by atoms with Crippen LogP contribution in [0.3, 0.4) is 0 Å². The van der Waals surface area contributed by atoms with Gasteiger partial charge in [-0.05, 0) is 55.5 Å². The normalized spacial score (nSPS) is 15.2. The number of piperidine rings is 1. The zero-order chi connectivity index (χ0) is 20.0. The van der Waals surface area contributed by atoms with Gasteiger partial charge in [0.1, 0.15) is 0 Å². The number of carbonyl (C=O) groups excluding carboxylic acids is 1. The highest BCUT2D eigenvalue weighted by Gasteiger charge is 2.24. The van der Waals surface area contributed by atoms with Crippen molar-refractivity contribution >= 4 is 15.9 Å². The number of nitriles is 1. The van der Waals surface area contributed by atoms with E-state index < -0.39 is 10.0 Å². The van der Waals surface area contributed by atoms with E-state index in [1.54, 1.807) is 12.1 Å². The molecule has 1 fully saturated rings. The lowest BCUT2D eigenvalue weighted by Crippen LogP contribution is -2.39. The monoisotopic (exact) mass is 397 g/mol. The van der Waals surface area contributed by atoms with Crippen LogP contribution in [0.2, 0.25) is 0 Å². The molecule has 0 unspecified atom stereocenters. The van der Waals surface area contributed by atoms with E-state index in [0.29, 0.717) is 36.7 Å². The van der Waals surface area contributed by atoms with Crippen LogP contribution in [-0.4, -0.2) is 38.9 Å². The highest BCUT2D eigenvalue weighted by Crippen LogP contribution is 2.22. The molecule has 1 saturated heterocycles. The van der Waals surface area contributed by atoms with Gasteiger partial charge in [0.25, 0.3) is 5.91 Å².